The van der Waals surface area contributed by atoms with Crippen LogP contribution in [-0.2, 0) is 10.0 Å². The lowest BCUT2D eigenvalue weighted by molar-refractivity contribution is 0.0964. The Hall–Kier alpha value is -5.23. The van der Waals surface area contributed by atoms with Crippen LogP contribution >= 0.6 is 0 Å². The van der Waals surface area contributed by atoms with Crippen molar-refractivity contribution in [1.29, 1.82) is 0 Å². The van der Waals surface area contributed by atoms with E-state index in [1.165, 1.54) is 45.5 Å². The van der Waals surface area contributed by atoms with E-state index >= 15 is 0 Å². The SMILES string of the molecule is CNC(=O)c1c(-c2ccc(F)cc2)oc2cc(N(C)S(C)(=O)=O)c(-c3cc(OC)cc(-c4nc5ncccc5o4)c3)cc12. The Labute approximate surface area is 245 Å². The fourth-order valence-electron chi connectivity index (χ4n) is 4.85. The lowest BCUT2D eigenvalue weighted by Crippen LogP contribution is -2.25. The number of furan rings is 1. The Morgan fingerprint density at radius 1 is 0.977 bits per heavy atom. The van der Waals surface area contributed by atoms with Gasteiger partial charge in [0.25, 0.3) is 5.91 Å². The number of carbonyl (C=O) groups excluding carboxylic acids is 1. The number of nitrogens with one attached hydrogen (secondary N) is 1. The van der Waals surface area contributed by atoms with Gasteiger partial charge in [-0.2, -0.15) is 4.98 Å². The number of methoxy groups -OCH3 is 1. The molecule has 3 aromatic heterocycles. The first-order valence-corrected chi connectivity index (χ1v) is 14.9. The average Bonchev–Trinajstić information content (AvgIpc) is 3.61. The van der Waals surface area contributed by atoms with Crippen molar-refractivity contribution < 1.29 is 31.2 Å². The molecule has 0 spiro atoms. The molecule has 218 valence electrons. The number of pyridine rings is 1. The molecule has 43 heavy (non-hydrogen) atoms. The number of sulfonamides is 1. The summed E-state index contributed by atoms with van der Waals surface area (Å²) in [4.78, 5) is 21.9. The smallest absolute Gasteiger partial charge is 0.255 e. The molecule has 0 unspecified atom stereocenters. The number of oxazole rings is 1. The van der Waals surface area contributed by atoms with E-state index in [1.807, 2.05) is 0 Å². The van der Waals surface area contributed by atoms with E-state index in [9.17, 15) is 17.6 Å². The molecule has 6 aromatic rings. The van der Waals surface area contributed by atoms with Gasteiger partial charge in [0.2, 0.25) is 15.9 Å². The largest absolute Gasteiger partial charge is 0.497 e. The number of ether oxygens (including phenoxy) is 1. The minimum Gasteiger partial charge on any atom is -0.497 e. The van der Waals surface area contributed by atoms with Crippen LogP contribution < -0.4 is 14.4 Å². The van der Waals surface area contributed by atoms with Crippen LogP contribution in [0.4, 0.5) is 10.1 Å². The molecule has 0 bridgehead atoms. The molecule has 0 aliphatic carbocycles. The van der Waals surface area contributed by atoms with E-state index in [1.54, 1.807) is 48.7 Å². The van der Waals surface area contributed by atoms with Gasteiger partial charge in [-0.1, -0.05) is 0 Å². The van der Waals surface area contributed by atoms with Gasteiger partial charge in [0.05, 0.1) is 24.6 Å². The number of rotatable bonds is 7. The van der Waals surface area contributed by atoms with Crippen LogP contribution in [-0.4, -0.2) is 51.8 Å². The second-order valence-electron chi connectivity index (χ2n) is 9.78. The van der Waals surface area contributed by atoms with Crippen LogP contribution in [0.25, 0.3) is 56.1 Å². The molecular weight excluding hydrogens is 575 g/mol. The zero-order valence-electron chi connectivity index (χ0n) is 23.5. The van der Waals surface area contributed by atoms with Gasteiger partial charge in [0, 0.05) is 48.4 Å². The van der Waals surface area contributed by atoms with Crippen LogP contribution in [0, 0.1) is 5.82 Å². The Bertz CT molecular complexity index is 2100. The summed E-state index contributed by atoms with van der Waals surface area (Å²) in [5, 5.41) is 3.06. The monoisotopic (exact) mass is 600 g/mol. The van der Waals surface area contributed by atoms with Crippen molar-refractivity contribution in [3.8, 4) is 39.7 Å². The van der Waals surface area contributed by atoms with Gasteiger partial charge >= 0.3 is 0 Å². The molecule has 0 saturated heterocycles. The van der Waals surface area contributed by atoms with E-state index in [4.69, 9.17) is 13.6 Å². The Morgan fingerprint density at radius 2 is 1.72 bits per heavy atom. The standard InChI is InChI=1S/C31H25FN4O6S/c1-33-30(37)27-23-15-22(18-12-19(14-21(13-18)40-3)31-35-29-25(42-31)6-5-11-34-29)24(36(2)43(4,38)39)16-26(23)41-28(27)17-7-9-20(32)10-8-17/h5-16H,1-4H3,(H,33,37). The number of nitrogens with zero attached hydrogens (tertiary/aromatic N) is 3. The maximum atomic E-state index is 13.7. The van der Waals surface area contributed by atoms with E-state index in [0.717, 1.165) is 10.6 Å². The fraction of sp³-hybridized carbons (Fsp3) is 0.129. The molecule has 3 aromatic carbocycles. The van der Waals surface area contributed by atoms with Crippen molar-refractivity contribution in [2.75, 3.05) is 31.8 Å². The lowest BCUT2D eigenvalue weighted by atomic mass is 9.97. The normalized spacial score (nSPS) is 11.7. The zero-order chi connectivity index (χ0) is 30.5. The summed E-state index contributed by atoms with van der Waals surface area (Å²) in [7, 11) is 0.700. The van der Waals surface area contributed by atoms with Gasteiger partial charge in [0.15, 0.2) is 11.2 Å². The van der Waals surface area contributed by atoms with Crippen LogP contribution in [0.1, 0.15) is 10.4 Å². The van der Waals surface area contributed by atoms with Crippen LogP contribution in [0.2, 0.25) is 0 Å². The minimum atomic E-state index is -3.73. The highest BCUT2D eigenvalue weighted by Gasteiger charge is 2.26. The molecule has 0 saturated carbocycles. The number of hydrogen-bond acceptors (Lipinski definition) is 8. The molecule has 12 heteroatoms. The zero-order valence-corrected chi connectivity index (χ0v) is 24.3. The number of anilines is 1. The van der Waals surface area contributed by atoms with E-state index in [-0.39, 0.29) is 22.6 Å². The Balaban J connectivity index is 1.64. The minimum absolute atomic E-state index is 0.213. The summed E-state index contributed by atoms with van der Waals surface area (Å²) in [5.74, 6) is 0.0926. The summed E-state index contributed by atoms with van der Waals surface area (Å²) in [5.41, 5.74) is 3.76. The second kappa shape index (κ2) is 10.6. The van der Waals surface area contributed by atoms with E-state index in [0.29, 0.717) is 50.5 Å². The van der Waals surface area contributed by atoms with Crippen molar-refractivity contribution in [2.24, 2.45) is 0 Å². The van der Waals surface area contributed by atoms with Gasteiger partial charge in [-0.25, -0.2) is 17.8 Å². The van der Waals surface area contributed by atoms with Gasteiger partial charge in [-0.15, -0.1) is 0 Å². The molecular formula is C31H25FN4O6S. The van der Waals surface area contributed by atoms with Gasteiger partial charge in [0.1, 0.15) is 22.9 Å². The van der Waals surface area contributed by atoms with Crippen molar-refractivity contribution >= 4 is 43.8 Å². The van der Waals surface area contributed by atoms with Crippen molar-refractivity contribution in [2.45, 2.75) is 0 Å². The molecule has 0 aliphatic heterocycles. The predicted molar refractivity (Wildman–Crippen MR) is 161 cm³/mol. The van der Waals surface area contributed by atoms with E-state index < -0.39 is 21.7 Å². The molecule has 3 heterocycles. The van der Waals surface area contributed by atoms with Crippen molar-refractivity contribution in [3.63, 3.8) is 0 Å². The number of fused-ring (bicyclic) bond motifs is 2. The summed E-state index contributed by atoms with van der Waals surface area (Å²) in [6.07, 6.45) is 2.70. The van der Waals surface area contributed by atoms with Gasteiger partial charge < -0.3 is 18.9 Å². The van der Waals surface area contributed by atoms with Gasteiger partial charge in [-0.05, 0) is 66.2 Å². The highest BCUT2D eigenvalue weighted by molar-refractivity contribution is 7.92. The highest BCUT2D eigenvalue weighted by Crippen LogP contribution is 2.43. The van der Waals surface area contributed by atoms with Crippen LogP contribution in [0.15, 0.2) is 81.8 Å². The first-order chi connectivity index (χ1) is 20.6. The third-order valence-corrected chi connectivity index (χ3v) is 8.26. The maximum absolute atomic E-state index is 13.7. The Kier molecular flexibility index (Phi) is 6.85. The molecule has 0 atom stereocenters. The molecule has 10 nitrogen and oxygen atoms in total. The Morgan fingerprint density at radius 3 is 2.40 bits per heavy atom. The lowest BCUT2D eigenvalue weighted by Gasteiger charge is -2.21. The molecule has 0 radical (unpaired) electrons. The first-order valence-electron chi connectivity index (χ1n) is 13.0. The summed E-state index contributed by atoms with van der Waals surface area (Å²) < 4.78 is 58.1. The summed E-state index contributed by atoms with van der Waals surface area (Å²) in [6.45, 7) is 0. The van der Waals surface area contributed by atoms with Crippen LogP contribution in [0.3, 0.4) is 0 Å². The molecule has 0 aliphatic rings. The van der Waals surface area contributed by atoms with E-state index in [2.05, 4.69) is 15.3 Å². The van der Waals surface area contributed by atoms with Crippen molar-refractivity contribution in [3.05, 3.63) is 84.3 Å². The first kappa shape index (κ1) is 27.9. The maximum Gasteiger partial charge on any atom is 0.255 e. The molecule has 0 fully saturated rings. The third kappa shape index (κ3) is 5.06. The number of amides is 1. The fourth-order valence-corrected chi connectivity index (χ4v) is 5.35. The molecule has 1 amide bonds. The molecule has 1 N–H and O–H groups in total. The number of benzene rings is 3. The average molecular weight is 601 g/mol. The summed E-state index contributed by atoms with van der Waals surface area (Å²) >= 11 is 0. The number of aromatic nitrogens is 2. The highest BCUT2D eigenvalue weighted by atomic mass is 32.2. The van der Waals surface area contributed by atoms with Crippen LogP contribution in [0.5, 0.6) is 5.75 Å². The second-order valence-corrected chi connectivity index (χ2v) is 11.8. The van der Waals surface area contributed by atoms with Gasteiger partial charge in [-0.3, -0.25) is 9.10 Å². The quantitative estimate of drug-likeness (QED) is 0.241. The van der Waals surface area contributed by atoms with Crippen molar-refractivity contribution in [1.82, 2.24) is 15.3 Å². The summed E-state index contributed by atoms with van der Waals surface area (Å²) in [6, 6.07) is 17.6. The third-order valence-electron chi connectivity index (χ3n) is 7.07. The number of hydrogen-bond donors (Lipinski definition) is 1. The number of halogens is 1. The topological polar surface area (TPSA) is 128 Å². The number of carbonyl (C=O) groups is 1. The predicted octanol–water partition coefficient (Wildman–Crippen LogP) is 5.87. The molecule has 6 rings (SSSR count).